The van der Waals surface area contributed by atoms with E-state index in [1.165, 1.54) is 18.5 Å². The van der Waals surface area contributed by atoms with Gasteiger partial charge in [-0.15, -0.1) is 0 Å². The molecule has 8 nitrogen and oxygen atoms in total. The number of hydrogen-bond acceptors (Lipinski definition) is 7. The molecule has 0 aliphatic carbocycles. The maximum Gasteiger partial charge on any atom is 0.349 e. The van der Waals surface area contributed by atoms with Crippen LogP contribution in [0, 0.1) is 0 Å². The molecule has 8 heteroatoms. The zero-order valence-corrected chi connectivity index (χ0v) is 11.6. The molecule has 0 bridgehead atoms. The normalized spacial score (nSPS) is 28.5. The van der Waals surface area contributed by atoms with Crippen LogP contribution < -0.4 is 5.69 Å². The molecule has 1 aromatic heterocycles. The zero-order chi connectivity index (χ0) is 15.4. The van der Waals surface area contributed by atoms with Crippen molar-refractivity contribution in [1.82, 2.24) is 9.55 Å². The SMILES string of the molecule is CCCC(=O)OC[C@H]1O[C@@H](n2cccnc2=O)[C@@H](O)C1O. The Kier molecular flexibility index (Phi) is 5.05. The molecule has 0 radical (unpaired) electrons. The predicted molar refractivity (Wildman–Crippen MR) is 70.3 cm³/mol. The fourth-order valence-electron chi connectivity index (χ4n) is 2.11. The Labute approximate surface area is 120 Å². The second kappa shape index (κ2) is 6.79. The Morgan fingerprint density at radius 3 is 2.90 bits per heavy atom. The minimum absolute atomic E-state index is 0.178. The molecule has 1 saturated heterocycles. The van der Waals surface area contributed by atoms with Gasteiger partial charge in [0.2, 0.25) is 0 Å². The number of nitrogens with zero attached hydrogens (tertiary/aromatic N) is 2. The fraction of sp³-hybridized carbons (Fsp3) is 0.615. The third kappa shape index (κ3) is 3.46. The van der Waals surface area contributed by atoms with Crippen molar-refractivity contribution in [2.45, 2.75) is 44.3 Å². The molecule has 2 N–H and O–H groups in total. The first-order valence-corrected chi connectivity index (χ1v) is 6.75. The largest absolute Gasteiger partial charge is 0.463 e. The Morgan fingerprint density at radius 1 is 1.48 bits per heavy atom. The van der Waals surface area contributed by atoms with Crippen LogP contribution in [0.1, 0.15) is 26.0 Å². The Balaban J connectivity index is 2.03. The summed E-state index contributed by atoms with van der Waals surface area (Å²) in [6, 6.07) is 1.51. The van der Waals surface area contributed by atoms with Crippen molar-refractivity contribution in [2.24, 2.45) is 0 Å². The van der Waals surface area contributed by atoms with E-state index in [0.29, 0.717) is 6.42 Å². The molecular formula is C13H18N2O6. The average molecular weight is 298 g/mol. The number of carbonyl (C=O) groups is 1. The van der Waals surface area contributed by atoms with Gasteiger partial charge in [0, 0.05) is 18.8 Å². The molecule has 2 rings (SSSR count). The van der Waals surface area contributed by atoms with E-state index in [-0.39, 0.29) is 13.0 Å². The summed E-state index contributed by atoms with van der Waals surface area (Å²) >= 11 is 0. The maximum absolute atomic E-state index is 11.6. The molecule has 4 atom stereocenters. The molecule has 1 unspecified atom stereocenters. The average Bonchev–Trinajstić information content (AvgIpc) is 2.74. The van der Waals surface area contributed by atoms with Gasteiger partial charge in [0.25, 0.3) is 0 Å². The quantitative estimate of drug-likeness (QED) is 0.685. The van der Waals surface area contributed by atoms with Crippen molar-refractivity contribution >= 4 is 5.97 Å². The van der Waals surface area contributed by atoms with E-state index < -0.39 is 36.2 Å². The molecular weight excluding hydrogens is 280 g/mol. The van der Waals surface area contributed by atoms with Gasteiger partial charge in [0.05, 0.1) is 0 Å². The van der Waals surface area contributed by atoms with Gasteiger partial charge in [0.15, 0.2) is 6.23 Å². The minimum atomic E-state index is -1.30. The number of rotatable bonds is 5. The van der Waals surface area contributed by atoms with Gasteiger partial charge in [-0.2, -0.15) is 0 Å². The van der Waals surface area contributed by atoms with Crippen LogP contribution in [0.4, 0.5) is 0 Å². The molecule has 1 aliphatic heterocycles. The van der Waals surface area contributed by atoms with Crippen LogP contribution in [-0.2, 0) is 14.3 Å². The molecule has 1 fully saturated rings. The van der Waals surface area contributed by atoms with Crippen molar-refractivity contribution in [3.63, 3.8) is 0 Å². The number of hydrogen-bond donors (Lipinski definition) is 2. The summed E-state index contributed by atoms with van der Waals surface area (Å²) in [6.07, 6.45) is -0.852. The Bertz CT molecular complexity index is 545. The van der Waals surface area contributed by atoms with Gasteiger partial charge < -0.3 is 19.7 Å². The van der Waals surface area contributed by atoms with Gasteiger partial charge in [-0.25, -0.2) is 9.78 Å². The summed E-state index contributed by atoms with van der Waals surface area (Å²) in [5.74, 6) is -0.398. The van der Waals surface area contributed by atoms with Gasteiger partial charge >= 0.3 is 11.7 Å². The van der Waals surface area contributed by atoms with Crippen LogP contribution in [0.5, 0.6) is 0 Å². The number of esters is 1. The zero-order valence-electron chi connectivity index (χ0n) is 11.6. The van der Waals surface area contributed by atoms with Gasteiger partial charge in [-0.1, -0.05) is 6.92 Å². The van der Waals surface area contributed by atoms with E-state index in [4.69, 9.17) is 9.47 Å². The van der Waals surface area contributed by atoms with Crippen LogP contribution in [0.15, 0.2) is 23.3 Å². The maximum atomic E-state index is 11.6. The number of aliphatic hydroxyl groups excluding tert-OH is 2. The molecule has 1 aliphatic rings. The smallest absolute Gasteiger partial charge is 0.349 e. The highest BCUT2D eigenvalue weighted by Crippen LogP contribution is 2.28. The first kappa shape index (κ1) is 15.6. The number of aromatic nitrogens is 2. The molecule has 21 heavy (non-hydrogen) atoms. The molecule has 0 amide bonds. The Hall–Kier alpha value is -1.77. The van der Waals surface area contributed by atoms with Crippen LogP contribution >= 0.6 is 0 Å². The third-order valence-electron chi connectivity index (χ3n) is 3.21. The topological polar surface area (TPSA) is 111 Å². The summed E-state index contributed by atoms with van der Waals surface area (Å²) in [4.78, 5) is 26.5. The molecule has 1 aromatic rings. The number of ether oxygens (including phenoxy) is 2. The van der Waals surface area contributed by atoms with E-state index in [1.54, 1.807) is 0 Å². The van der Waals surface area contributed by atoms with Gasteiger partial charge in [-0.05, 0) is 12.5 Å². The lowest BCUT2D eigenvalue weighted by atomic mass is 10.1. The summed E-state index contributed by atoms with van der Waals surface area (Å²) < 4.78 is 11.5. The summed E-state index contributed by atoms with van der Waals surface area (Å²) in [5.41, 5.74) is -0.600. The summed E-state index contributed by atoms with van der Waals surface area (Å²) in [6.45, 7) is 1.67. The third-order valence-corrected chi connectivity index (χ3v) is 3.21. The van der Waals surface area contributed by atoms with Gasteiger partial charge in [-0.3, -0.25) is 9.36 Å². The highest BCUT2D eigenvalue weighted by molar-refractivity contribution is 5.69. The summed E-state index contributed by atoms with van der Waals surface area (Å²) in [7, 11) is 0. The van der Waals surface area contributed by atoms with Crippen LogP contribution in [0.3, 0.4) is 0 Å². The van der Waals surface area contributed by atoms with Gasteiger partial charge in [0.1, 0.15) is 24.9 Å². The lowest BCUT2D eigenvalue weighted by Gasteiger charge is -2.16. The molecule has 116 valence electrons. The lowest BCUT2D eigenvalue weighted by Crippen LogP contribution is -2.36. The first-order valence-electron chi connectivity index (χ1n) is 6.75. The van der Waals surface area contributed by atoms with E-state index >= 15 is 0 Å². The minimum Gasteiger partial charge on any atom is -0.463 e. The molecule has 0 saturated carbocycles. The highest BCUT2D eigenvalue weighted by atomic mass is 16.6. The van der Waals surface area contributed by atoms with E-state index in [1.807, 2.05) is 6.92 Å². The van der Waals surface area contributed by atoms with Crippen LogP contribution in [0.25, 0.3) is 0 Å². The Morgan fingerprint density at radius 2 is 2.24 bits per heavy atom. The van der Waals surface area contributed by atoms with Crippen molar-refractivity contribution in [2.75, 3.05) is 6.61 Å². The molecule has 2 heterocycles. The van der Waals surface area contributed by atoms with Crippen molar-refractivity contribution in [1.29, 1.82) is 0 Å². The van der Waals surface area contributed by atoms with Crippen LogP contribution in [-0.4, -0.2) is 50.7 Å². The van der Waals surface area contributed by atoms with Crippen molar-refractivity contribution in [3.05, 3.63) is 28.9 Å². The van der Waals surface area contributed by atoms with E-state index in [0.717, 1.165) is 4.57 Å². The fourth-order valence-corrected chi connectivity index (χ4v) is 2.11. The standard InChI is InChI=1S/C13H18N2O6/c1-2-4-9(16)20-7-8-10(17)11(18)12(21-8)15-6-3-5-14-13(15)19/h3,5-6,8,10-12,17-18H,2,4,7H2,1H3/t8-,10?,11+,12-/m1/s1. The van der Waals surface area contributed by atoms with Crippen molar-refractivity contribution < 1.29 is 24.5 Å². The molecule has 0 aromatic carbocycles. The predicted octanol–water partition coefficient (Wildman–Crippen LogP) is -0.794. The highest BCUT2D eigenvalue weighted by Gasteiger charge is 2.44. The summed E-state index contributed by atoms with van der Waals surface area (Å²) in [5, 5.41) is 19.9. The van der Waals surface area contributed by atoms with Crippen molar-refractivity contribution in [3.8, 4) is 0 Å². The number of aliphatic hydroxyl groups is 2. The van der Waals surface area contributed by atoms with E-state index in [9.17, 15) is 19.8 Å². The second-order valence-corrected chi connectivity index (χ2v) is 4.79. The van der Waals surface area contributed by atoms with E-state index in [2.05, 4.69) is 4.98 Å². The monoisotopic (exact) mass is 298 g/mol. The second-order valence-electron chi connectivity index (χ2n) is 4.79. The number of carbonyl (C=O) groups excluding carboxylic acids is 1. The molecule has 0 spiro atoms. The van der Waals surface area contributed by atoms with Crippen LogP contribution in [0.2, 0.25) is 0 Å². The lowest BCUT2D eigenvalue weighted by molar-refractivity contribution is -0.150. The first-order chi connectivity index (χ1) is 10.0.